The van der Waals surface area contributed by atoms with E-state index in [1.165, 1.54) is 6.07 Å². The van der Waals surface area contributed by atoms with E-state index in [2.05, 4.69) is 24.9 Å². The van der Waals surface area contributed by atoms with E-state index in [9.17, 15) is 13.2 Å². The van der Waals surface area contributed by atoms with Crippen molar-refractivity contribution < 1.29 is 17.9 Å². The minimum atomic E-state index is -4.53. The van der Waals surface area contributed by atoms with E-state index < -0.39 is 11.9 Å². The maximum absolute atomic E-state index is 13.0. The van der Waals surface area contributed by atoms with Crippen LogP contribution >= 0.6 is 0 Å². The third kappa shape index (κ3) is 4.63. The second-order valence-corrected chi connectivity index (χ2v) is 8.40. The number of alkyl halides is 3. The molecule has 35 heavy (non-hydrogen) atoms. The highest BCUT2D eigenvalue weighted by atomic mass is 19.4. The first-order valence-corrected chi connectivity index (χ1v) is 11.0. The molecule has 4 aromatic rings. The third-order valence-corrected chi connectivity index (χ3v) is 5.90. The third-order valence-electron chi connectivity index (χ3n) is 5.90. The molecular weight excluding hydrogens is 459 g/mol. The summed E-state index contributed by atoms with van der Waals surface area (Å²) in [6, 6.07) is 6.18. The summed E-state index contributed by atoms with van der Waals surface area (Å²) in [4.78, 5) is 28.4. The zero-order valence-electron chi connectivity index (χ0n) is 19.3. The number of pyridine rings is 2. The van der Waals surface area contributed by atoms with Gasteiger partial charge in [-0.05, 0) is 50.6 Å². The number of ether oxygens (including phenoxy) is 1. The number of rotatable bonds is 3. The first kappa shape index (κ1) is 23.0. The molecule has 180 valence electrons. The minimum absolute atomic E-state index is 0.202. The van der Waals surface area contributed by atoms with E-state index >= 15 is 0 Å². The lowest BCUT2D eigenvalue weighted by Gasteiger charge is -2.33. The maximum Gasteiger partial charge on any atom is 0.433 e. The van der Waals surface area contributed by atoms with Crippen molar-refractivity contribution in [3.05, 3.63) is 65.0 Å². The van der Waals surface area contributed by atoms with Crippen molar-refractivity contribution in [3.8, 4) is 11.3 Å². The summed E-state index contributed by atoms with van der Waals surface area (Å²) in [5.74, 6) is 0.407. The van der Waals surface area contributed by atoms with Crippen molar-refractivity contribution in [2.75, 3.05) is 24.6 Å². The van der Waals surface area contributed by atoms with Crippen LogP contribution < -0.4 is 4.90 Å². The Morgan fingerprint density at radius 1 is 0.971 bits per heavy atom. The van der Waals surface area contributed by atoms with Gasteiger partial charge in [-0.15, -0.1) is 0 Å². The molecule has 1 atom stereocenters. The van der Waals surface area contributed by atoms with Crippen molar-refractivity contribution in [1.29, 1.82) is 0 Å². The summed E-state index contributed by atoms with van der Waals surface area (Å²) >= 11 is 0. The highest BCUT2D eigenvalue weighted by Crippen LogP contribution is 2.32. The molecule has 0 N–H and O–H groups in total. The zero-order valence-corrected chi connectivity index (χ0v) is 19.3. The van der Waals surface area contributed by atoms with Crippen molar-refractivity contribution in [3.63, 3.8) is 0 Å². The molecule has 1 fully saturated rings. The smallest absolute Gasteiger partial charge is 0.370 e. The number of hydrogen-bond donors (Lipinski definition) is 0. The quantitative estimate of drug-likeness (QED) is 0.425. The van der Waals surface area contributed by atoms with Gasteiger partial charge in [0.15, 0.2) is 5.65 Å². The second-order valence-electron chi connectivity index (χ2n) is 8.40. The Morgan fingerprint density at radius 3 is 2.49 bits per heavy atom. The Kier molecular flexibility index (Phi) is 5.79. The van der Waals surface area contributed by atoms with E-state index in [0.29, 0.717) is 59.5 Å². The molecule has 5 heterocycles. The van der Waals surface area contributed by atoms with Gasteiger partial charge in [0.25, 0.3) is 0 Å². The van der Waals surface area contributed by atoms with Gasteiger partial charge in [0.05, 0.1) is 24.5 Å². The van der Waals surface area contributed by atoms with E-state index in [1.807, 2.05) is 37.8 Å². The van der Waals surface area contributed by atoms with Gasteiger partial charge in [-0.2, -0.15) is 18.2 Å². The average Bonchev–Trinajstić information content (AvgIpc) is 2.84. The van der Waals surface area contributed by atoms with Crippen LogP contribution in [0.15, 0.2) is 36.7 Å². The standard InChI is InChI=1S/C24H22F3N7O/c1-13-10-16(6-7-28-13)18-12-34(8-9-35-18)23-32-20(17-4-5-19(29-11-17)24(25,26)27)21-22(33-23)31-15(3)14(2)30-21/h4-7,10-11,18H,8-9,12H2,1-3H3. The number of nitrogens with zero attached hydrogens (tertiary/aromatic N) is 7. The summed E-state index contributed by atoms with van der Waals surface area (Å²) in [7, 11) is 0. The van der Waals surface area contributed by atoms with Crippen molar-refractivity contribution in [2.24, 2.45) is 0 Å². The summed E-state index contributed by atoms with van der Waals surface area (Å²) in [5, 5.41) is 0. The summed E-state index contributed by atoms with van der Waals surface area (Å²) in [5.41, 5.74) is 3.89. The van der Waals surface area contributed by atoms with E-state index in [0.717, 1.165) is 23.5 Å². The predicted molar refractivity (Wildman–Crippen MR) is 123 cm³/mol. The molecule has 1 aliphatic rings. The van der Waals surface area contributed by atoms with Crippen molar-refractivity contribution >= 4 is 17.1 Å². The number of hydrogen-bond acceptors (Lipinski definition) is 8. The molecule has 0 radical (unpaired) electrons. The Hall–Kier alpha value is -3.73. The molecule has 0 saturated carbocycles. The van der Waals surface area contributed by atoms with Crippen LogP contribution in [0.3, 0.4) is 0 Å². The van der Waals surface area contributed by atoms with Crippen LogP contribution in [0, 0.1) is 20.8 Å². The molecule has 0 amide bonds. The second kappa shape index (κ2) is 8.81. The van der Waals surface area contributed by atoms with E-state index in [4.69, 9.17) is 9.72 Å². The lowest BCUT2D eigenvalue weighted by Crippen LogP contribution is -2.39. The lowest BCUT2D eigenvalue weighted by molar-refractivity contribution is -0.141. The van der Waals surface area contributed by atoms with Crippen molar-refractivity contribution in [2.45, 2.75) is 33.1 Å². The van der Waals surface area contributed by atoms with Crippen LogP contribution in [0.1, 0.15) is 34.4 Å². The molecule has 1 saturated heterocycles. The first-order chi connectivity index (χ1) is 16.7. The van der Waals surface area contributed by atoms with Gasteiger partial charge in [-0.25, -0.2) is 15.0 Å². The molecule has 0 bridgehead atoms. The molecule has 1 unspecified atom stereocenters. The van der Waals surface area contributed by atoms with Gasteiger partial charge in [0.2, 0.25) is 5.95 Å². The topological polar surface area (TPSA) is 89.8 Å². The SMILES string of the molecule is Cc1cc(C2CN(c3nc(-c4ccc(C(F)(F)F)nc4)c4nc(C)c(C)nc4n3)CCO2)ccn1. The summed E-state index contributed by atoms with van der Waals surface area (Å²) in [6.07, 6.45) is -1.82. The molecule has 11 heteroatoms. The minimum Gasteiger partial charge on any atom is -0.370 e. The van der Waals surface area contributed by atoms with Gasteiger partial charge in [-0.3, -0.25) is 9.97 Å². The molecule has 0 aromatic carbocycles. The Labute approximate surface area is 199 Å². The number of morpholine rings is 1. The largest absolute Gasteiger partial charge is 0.433 e. The molecule has 8 nitrogen and oxygen atoms in total. The number of aryl methyl sites for hydroxylation is 3. The van der Waals surface area contributed by atoms with E-state index in [1.54, 1.807) is 6.20 Å². The zero-order chi connectivity index (χ0) is 24.7. The summed E-state index contributed by atoms with van der Waals surface area (Å²) in [6.45, 7) is 7.08. The Bertz CT molecular complexity index is 1390. The van der Waals surface area contributed by atoms with Crippen LogP contribution in [-0.2, 0) is 10.9 Å². The van der Waals surface area contributed by atoms with E-state index in [-0.39, 0.29) is 6.10 Å². The van der Waals surface area contributed by atoms with Gasteiger partial charge in [0.1, 0.15) is 23.0 Å². The monoisotopic (exact) mass is 481 g/mol. The number of anilines is 1. The number of halogens is 3. The fourth-order valence-corrected chi connectivity index (χ4v) is 3.95. The van der Waals surface area contributed by atoms with Gasteiger partial charge in [0, 0.05) is 30.2 Å². The highest BCUT2D eigenvalue weighted by Gasteiger charge is 2.32. The number of aromatic nitrogens is 6. The van der Waals surface area contributed by atoms with Gasteiger partial charge < -0.3 is 9.64 Å². The maximum atomic E-state index is 13.0. The van der Waals surface area contributed by atoms with Gasteiger partial charge >= 0.3 is 6.18 Å². The van der Waals surface area contributed by atoms with Crippen LogP contribution in [0.2, 0.25) is 0 Å². The Balaban J connectivity index is 1.58. The fourth-order valence-electron chi connectivity index (χ4n) is 3.95. The summed E-state index contributed by atoms with van der Waals surface area (Å²) < 4.78 is 45.1. The molecule has 4 aromatic heterocycles. The molecule has 1 aliphatic heterocycles. The number of fused-ring (bicyclic) bond motifs is 1. The Morgan fingerprint density at radius 2 is 1.77 bits per heavy atom. The molecule has 0 aliphatic carbocycles. The van der Waals surface area contributed by atoms with Crippen LogP contribution in [-0.4, -0.2) is 49.6 Å². The normalized spacial score (nSPS) is 16.6. The van der Waals surface area contributed by atoms with Gasteiger partial charge in [-0.1, -0.05) is 0 Å². The molecular formula is C24H22F3N7O. The molecule has 0 spiro atoms. The average molecular weight is 481 g/mol. The lowest BCUT2D eigenvalue weighted by atomic mass is 10.1. The van der Waals surface area contributed by atoms with Crippen LogP contribution in [0.5, 0.6) is 0 Å². The first-order valence-electron chi connectivity index (χ1n) is 11.0. The van der Waals surface area contributed by atoms with Crippen LogP contribution in [0.25, 0.3) is 22.4 Å². The van der Waals surface area contributed by atoms with Crippen molar-refractivity contribution in [1.82, 2.24) is 29.9 Å². The predicted octanol–water partition coefficient (Wildman–Crippen LogP) is 4.40. The fraction of sp³-hybridized carbons (Fsp3) is 0.333. The highest BCUT2D eigenvalue weighted by molar-refractivity contribution is 5.87. The molecule has 5 rings (SSSR count). The van der Waals surface area contributed by atoms with Crippen LogP contribution in [0.4, 0.5) is 19.1 Å².